The Kier molecular flexibility index (Phi) is 7.63. The smallest absolute Gasteiger partial charge is 0.247 e. The molecule has 2 amide bonds. The Bertz CT molecular complexity index is 1190. The normalized spacial score (nSPS) is 16.1. The van der Waals surface area contributed by atoms with Crippen molar-refractivity contribution >= 4 is 40.2 Å². The van der Waals surface area contributed by atoms with E-state index in [9.17, 15) is 9.59 Å². The van der Waals surface area contributed by atoms with Gasteiger partial charge in [0.25, 0.3) is 0 Å². The molecule has 1 aliphatic rings. The first kappa shape index (κ1) is 24.4. The molecule has 3 aromatic rings. The molecule has 0 saturated carbocycles. The van der Waals surface area contributed by atoms with Gasteiger partial charge in [0.1, 0.15) is 6.04 Å². The fourth-order valence-corrected chi connectivity index (χ4v) is 5.65. The number of aromatic nitrogens is 1. The molecule has 0 saturated heterocycles. The molecule has 7 heteroatoms. The van der Waals surface area contributed by atoms with E-state index in [2.05, 4.69) is 22.9 Å². The molecule has 0 fully saturated rings. The van der Waals surface area contributed by atoms with Crippen LogP contribution in [-0.4, -0.2) is 41.4 Å². The molecule has 0 aliphatic carbocycles. The molecule has 0 radical (unpaired) electrons. The zero-order valence-corrected chi connectivity index (χ0v) is 21.2. The van der Waals surface area contributed by atoms with Crippen molar-refractivity contribution in [2.75, 3.05) is 23.8 Å². The van der Waals surface area contributed by atoms with E-state index in [0.29, 0.717) is 19.6 Å². The molecule has 1 aromatic heterocycles. The van der Waals surface area contributed by atoms with Gasteiger partial charge in [-0.1, -0.05) is 55.1 Å². The highest BCUT2D eigenvalue weighted by Crippen LogP contribution is 2.44. The second kappa shape index (κ2) is 10.7. The SMILES string of the molecule is CCc1ccccc1N1C(=O)CSc2c(c3ccccc3n2C)C1C(=O)NCCCOC(C)C. The largest absolute Gasteiger partial charge is 0.379 e. The fourth-order valence-electron chi connectivity index (χ4n) is 4.58. The Labute approximate surface area is 205 Å². The van der Waals surface area contributed by atoms with E-state index in [4.69, 9.17) is 4.74 Å². The Morgan fingerprint density at radius 3 is 2.68 bits per heavy atom. The lowest BCUT2D eigenvalue weighted by Gasteiger charge is -2.31. The third kappa shape index (κ3) is 4.72. The summed E-state index contributed by atoms with van der Waals surface area (Å²) < 4.78 is 7.73. The van der Waals surface area contributed by atoms with Crippen LogP contribution in [0.25, 0.3) is 10.9 Å². The zero-order chi connectivity index (χ0) is 24.2. The number of nitrogens with zero attached hydrogens (tertiary/aromatic N) is 2. The highest BCUT2D eigenvalue weighted by atomic mass is 32.2. The summed E-state index contributed by atoms with van der Waals surface area (Å²) in [7, 11) is 2.01. The summed E-state index contributed by atoms with van der Waals surface area (Å²) in [5.41, 5.74) is 3.81. The van der Waals surface area contributed by atoms with Gasteiger partial charge in [0.2, 0.25) is 11.8 Å². The molecule has 1 atom stereocenters. The molecular weight excluding hydrogens is 446 g/mol. The number of hydrogen-bond acceptors (Lipinski definition) is 4. The summed E-state index contributed by atoms with van der Waals surface area (Å²) in [6.45, 7) is 7.14. The lowest BCUT2D eigenvalue weighted by atomic mass is 10.00. The summed E-state index contributed by atoms with van der Waals surface area (Å²) in [5.74, 6) is 0.0553. The number of carbonyl (C=O) groups excluding carboxylic acids is 2. The van der Waals surface area contributed by atoms with Crippen LogP contribution in [0, 0.1) is 0 Å². The van der Waals surface area contributed by atoms with Gasteiger partial charge in [0.05, 0.1) is 16.9 Å². The van der Waals surface area contributed by atoms with Crippen LogP contribution in [0.15, 0.2) is 53.6 Å². The van der Waals surface area contributed by atoms with E-state index >= 15 is 0 Å². The first-order valence-electron chi connectivity index (χ1n) is 11.9. The molecule has 0 spiro atoms. The van der Waals surface area contributed by atoms with Crippen molar-refractivity contribution in [3.8, 4) is 0 Å². The maximum atomic E-state index is 13.8. The van der Waals surface area contributed by atoms with Crippen molar-refractivity contribution in [3.63, 3.8) is 0 Å². The average molecular weight is 480 g/mol. The number of aryl methyl sites for hydroxylation is 2. The van der Waals surface area contributed by atoms with Gasteiger partial charge >= 0.3 is 0 Å². The predicted octanol–water partition coefficient (Wildman–Crippen LogP) is 4.85. The van der Waals surface area contributed by atoms with Gasteiger partial charge in [-0.3, -0.25) is 14.5 Å². The predicted molar refractivity (Wildman–Crippen MR) is 138 cm³/mol. The minimum absolute atomic E-state index is 0.0607. The number of para-hydroxylation sites is 2. The number of rotatable bonds is 8. The zero-order valence-electron chi connectivity index (χ0n) is 20.3. The number of thioether (sulfide) groups is 1. The lowest BCUT2D eigenvalue weighted by Crippen LogP contribution is -2.44. The van der Waals surface area contributed by atoms with Gasteiger partial charge < -0.3 is 14.6 Å². The third-order valence-electron chi connectivity index (χ3n) is 6.18. The Morgan fingerprint density at radius 1 is 1.18 bits per heavy atom. The summed E-state index contributed by atoms with van der Waals surface area (Å²) in [5, 5.41) is 5.07. The van der Waals surface area contributed by atoms with Gasteiger partial charge in [-0.2, -0.15) is 0 Å². The number of benzene rings is 2. The fraction of sp³-hybridized carbons (Fsp3) is 0.407. The average Bonchev–Trinajstić information content (AvgIpc) is 3.01. The highest BCUT2D eigenvalue weighted by molar-refractivity contribution is 8.00. The second-order valence-corrected chi connectivity index (χ2v) is 9.76. The van der Waals surface area contributed by atoms with Crippen molar-refractivity contribution < 1.29 is 14.3 Å². The van der Waals surface area contributed by atoms with E-state index in [0.717, 1.165) is 39.2 Å². The van der Waals surface area contributed by atoms with Crippen LogP contribution in [0.4, 0.5) is 5.69 Å². The molecule has 6 nitrogen and oxygen atoms in total. The lowest BCUT2D eigenvalue weighted by molar-refractivity contribution is -0.125. The van der Waals surface area contributed by atoms with Crippen LogP contribution in [0.2, 0.25) is 0 Å². The van der Waals surface area contributed by atoms with Gasteiger partial charge in [-0.05, 0) is 44.4 Å². The molecule has 180 valence electrons. The number of fused-ring (bicyclic) bond motifs is 3. The quantitative estimate of drug-likeness (QED) is 0.469. The van der Waals surface area contributed by atoms with Crippen LogP contribution < -0.4 is 10.2 Å². The molecular formula is C27H33N3O3S. The molecule has 2 aromatic carbocycles. The maximum absolute atomic E-state index is 13.8. The minimum Gasteiger partial charge on any atom is -0.379 e. The summed E-state index contributed by atoms with van der Waals surface area (Å²) in [6.07, 6.45) is 1.65. The number of nitrogens with one attached hydrogen (secondary N) is 1. The monoisotopic (exact) mass is 479 g/mol. The van der Waals surface area contributed by atoms with Crippen LogP contribution >= 0.6 is 11.8 Å². The van der Waals surface area contributed by atoms with E-state index in [-0.39, 0.29) is 23.7 Å². The van der Waals surface area contributed by atoms with Gasteiger partial charge in [-0.15, -0.1) is 0 Å². The first-order valence-corrected chi connectivity index (χ1v) is 12.9. The van der Waals surface area contributed by atoms with E-state index < -0.39 is 6.04 Å². The maximum Gasteiger partial charge on any atom is 0.247 e. The molecule has 4 rings (SSSR count). The summed E-state index contributed by atoms with van der Waals surface area (Å²) in [6, 6.07) is 15.3. The van der Waals surface area contributed by atoms with Crippen molar-refractivity contribution in [1.29, 1.82) is 0 Å². The van der Waals surface area contributed by atoms with Crippen LogP contribution in [-0.2, 0) is 27.8 Å². The van der Waals surface area contributed by atoms with Crippen molar-refractivity contribution in [2.45, 2.75) is 50.8 Å². The van der Waals surface area contributed by atoms with Crippen LogP contribution in [0.1, 0.15) is 44.4 Å². The number of carbonyl (C=O) groups is 2. The number of anilines is 1. The van der Waals surface area contributed by atoms with E-state index in [1.165, 1.54) is 11.8 Å². The molecule has 1 aliphatic heterocycles. The minimum atomic E-state index is -0.748. The standard InChI is InChI=1S/C27H33N3O3S/c1-5-19-11-6-8-13-21(19)30-23(31)17-34-27-24(20-12-7-9-14-22(20)29(27)4)25(30)26(32)28-15-10-16-33-18(2)3/h6-9,11-14,18,25H,5,10,15-17H2,1-4H3,(H,28,32). The van der Waals surface area contributed by atoms with Crippen LogP contribution in [0.3, 0.4) is 0 Å². The van der Waals surface area contributed by atoms with Gasteiger partial charge in [0, 0.05) is 42.4 Å². The summed E-state index contributed by atoms with van der Waals surface area (Å²) >= 11 is 1.51. The molecule has 1 unspecified atom stereocenters. The van der Waals surface area contributed by atoms with E-state index in [1.807, 2.05) is 63.4 Å². The number of amides is 2. The molecule has 0 bridgehead atoms. The van der Waals surface area contributed by atoms with Crippen LogP contribution in [0.5, 0.6) is 0 Å². The second-order valence-electron chi connectivity index (χ2n) is 8.80. The Hall–Kier alpha value is -2.77. The molecule has 2 heterocycles. The number of hydrogen-bond donors (Lipinski definition) is 1. The van der Waals surface area contributed by atoms with Crippen molar-refractivity contribution in [2.24, 2.45) is 7.05 Å². The highest BCUT2D eigenvalue weighted by Gasteiger charge is 2.40. The van der Waals surface area contributed by atoms with Crippen molar-refractivity contribution in [1.82, 2.24) is 9.88 Å². The molecule has 34 heavy (non-hydrogen) atoms. The first-order chi connectivity index (χ1) is 16.4. The topological polar surface area (TPSA) is 63.6 Å². The van der Waals surface area contributed by atoms with Crippen molar-refractivity contribution in [3.05, 3.63) is 59.7 Å². The third-order valence-corrected chi connectivity index (χ3v) is 7.33. The Balaban J connectivity index is 1.80. The van der Waals surface area contributed by atoms with Gasteiger partial charge in [-0.25, -0.2) is 0 Å². The summed E-state index contributed by atoms with van der Waals surface area (Å²) in [4.78, 5) is 29.1. The number of ether oxygens (including phenoxy) is 1. The molecule has 1 N–H and O–H groups in total. The van der Waals surface area contributed by atoms with E-state index in [1.54, 1.807) is 4.90 Å². The Morgan fingerprint density at radius 2 is 1.91 bits per heavy atom. The van der Waals surface area contributed by atoms with Gasteiger partial charge in [0.15, 0.2) is 0 Å².